The molecule has 4 N–H and O–H groups in total. The summed E-state index contributed by atoms with van der Waals surface area (Å²) in [6, 6.07) is 7.18. The van der Waals surface area contributed by atoms with Gasteiger partial charge in [-0.15, -0.1) is 0 Å². The lowest BCUT2D eigenvalue weighted by molar-refractivity contribution is 0.390. The summed E-state index contributed by atoms with van der Waals surface area (Å²) in [5.74, 6) is -0.165. The quantitative estimate of drug-likeness (QED) is 0.426. The van der Waals surface area contributed by atoms with Crippen LogP contribution in [0, 0.1) is 18.6 Å². The minimum Gasteiger partial charge on any atom is -0.383 e. The third-order valence-corrected chi connectivity index (χ3v) is 5.18. The Morgan fingerprint density at radius 3 is 2.71 bits per heavy atom. The molecule has 0 spiro atoms. The monoisotopic (exact) mass is 423 g/mol. The van der Waals surface area contributed by atoms with Crippen LogP contribution in [0.25, 0.3) is 22.5 Å². The van der Waals surface area contributed by atoms with Crippen LogP contribution in [0.2, 0.25) is 0 Å². The summed E-state index contributed by atoms with van der Waals surface area (Å²) in [5.41, 5.74) is 10.2. The molecule has 0 saturated heterocycles. The van der Waals surface area contributed by atoms with Crippen LogP contribution in [0.3, 0.4) is 0 Å². The van der Waals surface area contributed by atoms with Gasteiger partial charge in [0, 0.05) is 23.2 Å². The molecular weight excluding hydrogens is 404 g/mol. The maximum absolute atomic E-state index is 13.4. The smallest absolute Gasteiger partial charge is 0.225 e. The van der Waals surface area contributed by atoms with Gasteiger partial charge in [0.25, 0.3) is 0 Å². The summed E-state index contributed by atoms with van der Waals surface area (Å²) in [5, 5.41) is 14.4. The second-order valence-corrected chi connectivity index (χ2v) is 7.54. The first kappa shape index (κ1) is 19.2. The molecule has 0 aliphatic heterocycles. The number of H-pyrrole nitrogens is 1. The number of hydrogen-bond donors (Lipinski definition) is 3. The Bertz CT molecular complexity index is 1240. The summed E-state index contributed by atoms with van der Waals surface area (Å²) < 4.78 is 31.8. The van der Waals surface area contributed by atoms with Gasteiger partial charge in [0.05, 0.1) is 23.5 Å². The van der Waals surface area contributed by atoms with Crippen molar-refractivity contribution in [2.24, 2.45) is 0 Å². The molecule has 1 aliphatic rings. The maximum Gasteiger partial charge on any atom is 0.225 e. The number of aryl methyl sites for hydroxylation is 1. The molecule has 8 nitrogen and oxygen atoms in total. The highest BCUT2D eigenvalue weighted by Gasteiger charge is 2.26. The molecule has 1 fully saturated rings. The van der Waals surface area contributed by atoms with E-state index in [4.69, 9.17) is 10.3 Å². The van der Waals surface area contributed by atoms with Gasteiger partial charge in [0.15, 0.2) is 17.4 Å². The Morgan fingerprint density at radius 1 is 1.13 bits per heavy atom. The first-order chi connectivity index (χ1) is 15.0. The Morgan fingerprint density at radius 2 is 1.97 bits per heavy atom. The van der Waals surface area contributed by atoms with Crippen molar-refractivity contribution >= 4 is 11.8 Å². The molecule has 5 rings (SSSR count). The largest absolute Gasteiger partial charge is 0.383 e. The van der Waals surface area contributed by atoms with Gasteiger partial charge in [-0.2, -0.15) is 10.1 Å². The van der Waals surface area contributed by atoms with E-state index in [9.17, 15) is 8.78 Å². The molecule has 0 radical (unpaired) electrons. The molecule has 4 aromatic rings. The van der Waals surface area contributed by atoms with E-state index in [1.54, 1.807) is 6.07 Å². The SMILES string of the molecule is Cc1nc(NCc2cc(-c3ccc(F)c(F)c3)no2)nc(N)c1-c1cc(C2CC2)[nH]n1. The van der Waals surface area contributed by atoms with E-state index in [1.807, 2.05) is 13.0 Å². The van der Waals surface area contributed by atoms with Crippen LogP contribution >= 0.6 is 0 Å². The van der Waals surface area contributed by atoms with E-state index in [0.717, 1.165) is 23.5 Å². The summed E-state index contributed by atoms with van der Waals surface area (Å²) in [6.45, 7) is 2.09. The number of benzene rings is 1. The molecule has 1 aliphatic carbocycles. The van der Waals surface area contributed by atoms with Gasteiger partial charge in [0.2, 0.25) is 5.95 Å². The zero-order valence-electron chi connectivity index (χ0n) is 16.6. The van der Waals surface area contributed by atoms with Crippen LogP contribution in [0.15, 0.2) is 34.9 Å². The number of nitrogens with two attached hydrogens (primary N) is 1. The lowest BCUT2D eigenvalue weighted by Crippen LogP contribution is -2.08. The predicted molar refractivity (Wildman–Crippen MR) is 110 cm³/mol. The van der Waals surface area contributed by atoms with E-state index in [2.05, 4.69) is 30.6 Å². The van der Waals surface area contributed by atoms with Gasteiger partial charge >= 0.3 is 0 Å². The molecule has 3 heterocycles. The number of aromatic amines is 1. The van der Waals surface area contributed by atoms with Crippen molar-refractivity contribution in [3.05, 3.63) is 59.1 Å². The fraction of sp³-hybridized carbons (Fsp3) is 0.238. The van der Waals surface area contributed by atoms with E-state index in [0.29, 0.717) is 46.0 Å². The van der Waals surface area contributed by atoms with Crippen LogP contribution in [0.1, 0.15) is 35.9 Å². The van der Waals surface area contributed by atoms with Crippen molar-refractivity contribution < 1.29 is 13.3 Å². The lowest BCUT2D eigenvalue weighted by Gasteiger charge is -2.09. The Hall–Kier alpha value is -3.82. The first-order valence-corrected chi connectivity index (χ1v) is 9.82. The molecule has 0 atom stereocenters. The average Bonchev–Trinajstić information content (AvgIpc) is 3.28. The van der Waals surface area contributed by atoms with E-state index >= 15 is 0 Å². The van der Waals surface area contributed by atoms with Crippen molar-refractivity contribution in [1.82, 2.24) is 25.3 Å². The molecule has 3 aromatic heterocycles. The molecule has 0 bridgehead atoms. The van der Waals surface area contributed by atoms with Gasteiger partial charge in [-0.25, -0.2) is 13.8 Å². The molecule has 1 saturated carbocycles. The molecule has 31 heavy (non-hydrogen) atoms. The Labute approximate surface area is 175 Å². The zero-order valence-corrected chi connectivity index (χ0v) is 16.6. The maximum atomic E-state index is 13.4. The number of anilines is 2. The lowest BCUT2D eigenvalue weighted by atomic mass is 10.1. The van der Waals surface area contributed by atoms with Gasteiger partial charge in [-0.3, -0.25) is 5.10 Å². The Balaban J connectivity index is 1.30. The van der Waals surface area contributed by atoms with Crippen molar-refractivity contribution in [3.63, 3.8) is 0 Å². The van der Waals surface area contributed by atoms with E-state index in [1.165, 1.54) is 18.9 Å². The molecule has 158 valence electrons. The summed E-state index contributed by atoms with van der Waals surface area (Å²) >= 11 is 0. The molecular formula is C21H19F2N7O. The second kappa shape index (κ2) is 7.46. The van der Waals surface area contributed by atoms with Crippen LogP contribution in [0.5, 0.6) is 0 Å². The van der Waals surface area contributed by atoms with Crippen molar-refractivity contribution in [2.45, 2.75) is 32.2 Å². The zero-order chi connectivity index (χ0) is 21.5. The Kier molecular flexibility index (Phi) is 4.61. The summed E-state index contributed by atoms with van der Waals surface area (Å²) in [4.78, 5) is 8.80. The van der Waals surface area contributed by atoms with Gasteiger partial charge in [-0.05, 0) is 44.0 Å². The van der Waals surface area contributed by atoms with Crippen molar-refractivity contribution in [2.75, 3.05) is 11.1 Å². The number of halogens is 2. The van der Waals surface area contributed by atoms with Crippen LogP contribution in [-0.4, -0.2) is 25.3 Å². The normalized spacial score (nSPS) is 13.5. The number of nitrogens with zero attached hydrogens (tertiary/aromatic N) is 4. The second-order valence-electron chi connectivity index (χ2n) is 7.54. The highest BCUT2D eigenvalue weighted by Crippen LogP contribution is 2.40. The van der Waals surface area contributed by atoms with Gasteiger partial charge in [0.1, 0.15) is 11.5 Å². The fourth-order valence-electron chi connectivity index (χ4n) is 3.41. The standard InChI is InChI=1S/C21H19F2N7O/c1-10-19(18-8-16(28-29-18)11-2-3-11)20(24)27-21(26-10)25-9-13-7-17(30-31-13)12-4-5-14(22)15(23)6-12/h4-8,11H,2-3,9H2,1H3,(H,28,29)(H3,24,25,26,27). The number of nitrogens with one attached hydrogen (secondary N) is 2. The van der Waals surface area contributed by atoms with E-state index < -0.39 is 11.6 Å². The highest BCUT2D eigenvalue weighted by molar-refractivity contribution is 5.74. The van der Waals surface area contributed by atoms with Crippen molar-refractivity contribution in [1.29, 1.82) is 0 Å². The van der Waals surface area contributed by atoms with E-state index in [-0.39, 0.29) is 6.54 Å². The number of nitrogen functional groups attached to an aromatic ring is 1. The van der Waals surface area contributed by atoms with Crippen LogP contribution < -0.4 is 11.1 Å². The molecule has 1 aromatic carbocycles. The number of rotatable bonds is 6. The summed E-state index contributed by atoms with van der Waals surface area (Å²) in [6.07, 6.45) is 2.35. The number of hydrogen-bond acceptors (Lipinski definition) is 7. The minimum atomic E-state index is -0.944. The van der Waals surface area contributed by atoms with Gasteiger partial charge in [-0.1, -0.05) is 5.16 Å². The first-order valence-electron chi connectivity index (χ1n) is 9.82. The highest BCUT2D eigenvalue weighted by atomic mass is 19.2. The van der Waals surface area contributed by atoms with Crippen molar-refractivity contribution in [3.8, 4) is 22.5 Å². The molecule has 0 unspecified atom stereocenters. The van der Waals surface area contributed by atoms with Gasteiger partial charge < -0.3 is 15.6 Å². The average molecular weight is 423 g/mol. The number of aromatic nitrogens is 5. The summed E-state index contributed by atoms with van der Waals surface area (Å²) in [7, 11) is 0. The fourth-order valence-corrected chi connectivity index (χ4v) is 3.41. The third-order valence-electron chi connectivity index (χ3n) is 5.18. The third kappa shape index (κ3) is 3.83. The van der Waals surface area contributed by atoms with Crippen LogP contribution in [-0.2, 0) is 6.54 Å². The topological polar surface area (TPSA) is 119 Å². The predicted octanol–water partition coefficient (Wildman–Crippen LogP) is 4.18. The molecule has 0 amide bonds. The molecule has 10 heteroatoms. The van der Waals surface area contributed by atoms with Crippen LogP contribution in [0.4, 0.5) is 20.5 Å². The minimum absolute atomic E-state index is 0.239.